The van der Waals surface area contributed by atoms with Gasteiger partial charge in [0, 0.05) is 6.08 Å². The van der Waals surface area contributed by atoms with Gasteiger partial charge in [-0.05, 0) is 36.6 Å². The van der Waals surface area contributed by atoms with Crippen LogP contribution in [0.1, 0.15) is 31.7 Å². The Morgan fingerprint density at radius 2 is 2.25 bits per heavy atom. The van der Waals surface area contributed by atoms with E-state index in [0.29, 0.717) is 12.2 Å². The van der Waals surface area contributed by atoms with Crippen LogP contribution >= 0.6 is 11.6 Å². The number of benzene rings is 1. The average Bonchev–Trinajstić information content (AvgIpc) is 2.44. The topological polar surface area (TPSA) is 55.8 Å². The second kappa shape index (κ2) is 8.48. The van der Waals surface area contributed by atoms with E-state index in [4.69, 9.17) is 21.1 Å². The van der Waals surface area contributed by atoms with Crippen molar-refractivity contribution in [2.24, 2.45) is 0 Å². The van der Waals surface area contributed by atoms with E-state index in [2.05, 4.69) is 0 Å². The number of unbranched alkanes of at least 4 members (excludes halogenated alkanes) is 1. The summed E-state index contributed by atoms with van der Waals surface area (Å²) in [6, 6.07) is 4.78. The first-order valence-electron chi connectivity index (χ1n) is 6.46. The lowest BCUT2D eigenvalue weighted by molar-refractivity contribution is -0.139. The summed E-state index contributed by atoms with van der Waals surface area (Å²) >= 11 is 5.87. The lowest BCUT2D eigenvalue weighted by Crippen LogP contribution is -2.10. The van der Waals surface area contributed by atoms with Gasteiger partial charge in [-0.15, -0.1) is 0 Å². The molecule has 0 aliphatic rings. The average molecular weight is 299 g/mol. The summed E-state index contributed by atoms with van der Waals surface area (Å²) in [5, 5.41) is 9.46. The van der Waals surface area contributed by atoms with Crippen molar-refractivity contribution in [1.29, 1.82) is 0 Å². The fraction of sp³-hybridized carbons (Fsp3) is 0.400. The molecule has 0 aromatic heterocycles. The first-order chi connectivity index (χ1) is 9.56. The van der Waals surface area contributed by atoms with E-state index in [9.17, 15) is 9.90 Å². The van der Waals surface area contributed by atoms with Crippen LogP contribution in [-0.4, -0.2) is 23.7 Å². The molecule has 1 aromatic rings. The number of hydrogen-bond donors (Lipinski definition) is 1. The van der Waals surface area contributed by atoms with Crippen LogP contribution in [0.3, 0.4) is 0 Å². The molecule has 0 heterocycles. The maximum atomic E-state index is 11.5. The third-order valence-electron chi connectivity index (χ3n) is 2.64. The maximum absolute atomic E-state index is 11.5. The van der Waals surface area contributed by atoms with Gasteiger partial charge in [0.1, 0.15) is 0 Å². The minimum atomic E-state index is -0.596. The zero-order chi connectivity index (χ0) is 15.0. The van der Waals surface area contributed by atoms with Gasteiger partial charge in [-0.25, -0.2) is 4.79 Å². The molecule has 0 saturated carbocycles. The third kappa shape index (κ3) is 5.53. The van der Waals surface area contributed by atoms with Crippen molar-refractivity contribution in [1.82, 2.24) is 0 Å². The summed E-state index contributed by atoms with van der Waals surface area (Å²) in [5.41, 5.74) is 0.123. The molecule has 0 bridgehead atoms. The normalized spacial score (nSPS) is 12.3. The standard InChI is InChI=1S/C15H19ClO4/c1-3-4-5-14(16)20-15(18)9-7-11-6-8-12(17)13(10-11)19-2/h6-10,14,17H,3-5H2,1-2H3. The highest BCUT2D eigenvalue weighted by Crippen LogP contribution is 2.26. The summed E-state index contributed by atoms with van der Waals surface area (Å²) in [6.45, 7) is 2.05. The molecule has 0 fully saturated rings. The number of alkyl halides is 1. The number of carbonyl (C=O) groups excluding carboxylic acids is 1. The van der Waals surface area contributed by atoms with Gasteiger partial charge in [-0.1, -0.05) is 31.0 Å². The first kappa shape index (κ1) is 16.4. The molecule has 110 valence electrons. The van der Waals surface area contributed by atoms with Crippen molar-refractivity contribution in [3.05, 3.63) is 29.8 Å². The zero-order valence-corrected chi connectivity index (χ0v) is 12.4. The van der Waals surface area contributed by atoms with Crippen LogP contribution in [0.25, 0.3) is 6.08 Å². The van der Waals surface area contributed by atoms with Crippen LogP contribution < -0.4 is 4.74 Å². The fourth-order valence-corrected chi connectivity index (χ4v) is 1.79. The lowest BCUT2D eigenvalue weighted by Gasteiger charge is -2.08. The van der Waals surface area contributed by atoms with E-state index in [0.717, 1.165) is 18.4 Å². The summed E-state index contributed by atoms with van der Waals surface area (Å²) < 4.78 is 9.99. The number of aromatic hydroxyl groups is 1. The Kier molecular flexibility index (Phi) is 6.94. The van der Waals surface area contributed by atoms with Crippen LogP contribution in [0.2, 0.25) is 0 Å². The van der Waals surface area contributed by atoms with Gasteiger partial charge < -0.3 is 14.6 Å². The third-order valence-corrected chi connectivity index (χ3v) is 2.95. The van der Waals surface area contributed by atoms with Crippen LogP contribution in [0, 0.1) is 0 Å². The quantitative estimate of drug-likeness (QED) is 0.473. The van der Waals surface area contributed by atoms with Gasteiger partial charge in [0.15, 0.2) is 17.1 Å². The molecule has 20 heavy (non-hydrogen) atoms. The maximum Gasteiger partial charge on any atom is 0.332 e. The Bertz CT molecular complexity index is 471. The monoisotopic (exact) mass is 298 g/mol. The van der Waals surface area contributed by atoms with Gasteiger partial charge in [0.05, 0.1) is 7.11 Å². The highest BCUT2D eigenvalue weighted by molar-refractivity contribution is 6.20. The molecule has 0 spiro atoms. The van der Waals surface area contributed by atoms with E-state index in [1.54, 1.807) is 18.2 Å². The first-order valence-corrected chi connectivity index (χ1v) is 6.90. The largest absolute Gasteiger partial charge is 0.504 e. The van der Waals surface area contributed by atoms with Gasteiger partial charge in [-0.3, -0.25) is 0 Å². The van der Waals surface area contributed by atoms with Crippen molar-refractivity contribution < 1.29 is 19.4 Å². The van der Waals surface area contributed by atoms with E-state index >= 15 is 0 Å². The van der Waals surface area contributed by atoms with Gasteiger partial charge in [-0.2, -0.15) is 0 Å². The summed E-state index contributed by atoms with van der Waals surface area (Å²) in [7, 11) is 1.46. The second-order valence-corrected chi connectivity index (χ2v) is 4.74. The zero-order valence-electron chi connectivity index (χ0n) is 11.6. The van der Waals surface area contributed by atoms with E-state index < -0.39 is 11.5 Å². The number of phenolic OH excluding ortho intramolecular Hbond substituents is 1. The number of ether oxygens (including phenoxy) is 2. The Morgan fingerprint density at radius 3 is 2.90 bits per heavy atom. The Balaban J connectivity index is 2.56. The number of rotatable bonds is 7. The minimum absolute atomic E-state index is 0.0487. The van der Waals surface area contributed by atoms with Crippen molar-refractivity contribution in [3.8, 4) is 11.5 Å². The van der Waals surface area contributed by atoms with Crippen molar-refractivity contribution in [3.63, 3.8) is 0 Å². The molecule has 1 unspecified atom stereocenters. The molecule has 0 amide bonds. The number of hydrogen-bond acceptors (Lipinski definition) is 4. The fourth-order valence-electron chi connectivity index (χ4n) is 1.55. The van der Waals surface area contributed by atoms with Gasteiger partial charge >= 0.3 is 5.97 Å². The molecule has 4 nitrogen and oxygen atoms in total. The summed E-state index contributed by atoms with van der Waals surface area (Å²) in [5.74, 6) is -0.0977. The van der Waals surface area contributed by atoms with Crippen molar-refractivity contribution in [2.75, 3.05) is 7.11 Å². The number of esters is 1. The number of methoxy groups -OCH3 is 1. The van der Waals surface area contributed by atoms with Crippen LogP contribution in [-0.2, 0) is 9.53 Å². The number of halogens is 1. The Labute approximate surface area is 124 Å². The van der Waals surface area contributed by atoms with Crippen LogP contribution in [0.15, 0.2) is 24.3 Å². The Hall–Kier alpha value is -1.68. The predicted molar refractivity (Wildman–Crippen MR) is 79.0 cm³/mol. The second-order valence-electron chi connectivity index (χ2n) is 4.25. The van der Waals surface area contributed by atoms with Crippen LogP contribution in [0.5, 0.6) is 11.5 Å². The van der Waals surface area contributed by atoms with E-state index in [1.807, 2.05) is 6.92 Å². The minimum Gasteiger partial charge on any atom is -0.504 e. The molecule has 1 atom stereocenters. The number of phenols is 1. The molecule has 0 radical (unpaired) electrons. The van der Waals surface area contributed by atoms with Gasteiger partial charge in [0.25, 0.3) is 0 Å². The van der Waals surface area contributed by atoms with Crippen molar-refractivity contribution in [2.45, 2.75) is 31.7 Å². The summed E-state index contributed by atoms with van der Waals surface area (Å²) in [6.07, 6.45) is 5.44. The molecule has 1 aromatic carbocycles. The molecule has 0 aliphatic heterocycles. The molecule has 0 aliphatic carbocycles. The highest BCUT2D eigenvalue weighted by atomic mass is 35.5. The van der Waals surface area contributed by atoms with Gasteiger partial charge in [0.2, 0.25) is 0 Å². The van der Waals surface area contributed by atoms with Crippen LogP contribution in [0.4, 0.5) is 0 Å². The predicted octanol–water partition coefficient (Wildman–Crippen LogP) is 3.71. The smallest absolute Gasteiger partial charge is 0.332 e. The SMILES string of the molecule is CCCCC(Cl)OC(=O)C=Cc1ccc(O)c(OC)c1. The lowest BCUT2D eigenvalue weighted by atomic mass is 10.2. The van der Waals surface area contributed by atoms with Crippen molar-refractivity contribution >= 4 is 23.6 Å². The van der Waals surface area contributed by atoms with E-state index in [-0.39, 0.29) is 5.75 Å². The molecule has 1 rings (SSSR count). The molecule has 5 heteroatoms. The number of carbonyl (C=O) groups is 1. The molecular formula is C15H19ClO4. The molecule has 0 saturated heterocycles. The van der Waals surface area contributed by atoms with E-state index in [1.165, 1.54) is 19.3 Å². The highest BCUT2D eigenvalue weighted by Gasteiger charge is 2.08. The summed E-state index contributed by atoms with van der Waals surface area (Å²) in [4.78, 5) is 11.5. The Morgan fingerprint density at radius 1 is 1.50 bits per heavy atom. The molecule has 1 N–H and O–H groups in total. The molecular weight excluding hydrogens is 280 g/mol.